The van der Waals surface area contributed by atoms with Gasteiger partial charge in [-0.15, -0.1) is 0 Å². The summed E-state index contributed by atoms with van der Waals surface area (Å²) in [6.45, 7) is 12.7. The third-order valence-electron chi connectivity index (χ3n) is 8.34. The number of rotatable bonds is 7. The van der Waals surface area contributed by atoms with Crippen LogP contribution >= 0.6 is 23.4 Å². The van der Waals surface area contributed by atoms with Crippen LogP contribution in [0.25, 0.3) is 0 Å². The minimum atomic E-state index is -0.572. The van der Waals surface area contributed by atoms with Crippen molar-refractivity contribution in [3.63, 3.8) is 0 Å². The van der Waals surface area contributed by atoms with Crippen LogP contribution in [0.15, 0.2) is 22.2 Å². The second-order valence-corrected chi connectivity index (χ2v) is 14.0. The van der Waals surface area contributed by atoms with Gasteiger partial charge in [0.25, 0.3) is 0 Å². The Morgan fingerprint density at radius 1 is 1.26 bits per heavy atom. The number of alkyl carbamates (subject to hydrolysis) is 1. The lowest BCUT2D eigenvalue weighted by Crippen LogP contribution is -2.55. The van der Waals surface area contributed by atoms with Gasteiger partial charge >= 0.3 is 6.09 Å². The van der Waals surface area contributed by atoms with Crippen molar-refractivity contribution in [3.8, 4) is 0 Å². The Balaban J connectivity index is 1.28. The number of amides is 1. The molecule has 0 aliphatic carbocycles. The molecule has 2 aromatic rings. The molecule has 43 heavy (non-hydrogen) atoms. The van der Waals surface area contributed by atoms with E-state index in [1.807, 2.05) is 40.7 Å². The molecule has 0 bridgehead atoms. The Morgan fingerprint density at radius 3 is 2.65 bits per heavy atom. The molecule has 3 aliphatic heterocycles. The van der Waals surface area contributed by atoms with Gasteiger partial charge in [0, 0.05) is 48.9 Å². The summed E-state index contributed by atoms with van der Waals surface area (Å²) in [7, 11) is 0. The van der Waals surface area contributed by atoms with Gasteiger partial charge in [-0.05, 0) is 66.4 Å². The summed E-state index contributed by atoms with van der Waals surface area (Å²) in [6, 6.07) is 1.99. The van der Waals surface area contributed by atoms with Gasteiger partial charge in [-0.1, -0.05) is 23.4 Å². The number of nitrogens with zero attached hydrogens (tertiary/aromatic N) is 4. The number of hydrogen-bond acceptors (Lipinski definition) is 11. The molecule has 0 aromatic carbocycles. The van der Waals surface area contributed by atoms with E-state index in [1.165, 1.54) is 11.8 Å². The molecule has 2 atom stereocenters. The van der Waals surface area contributed by atoms with Crippen molar-refractivity contribution in [2.24, 2.45) is 5.41 Å². The van der Waals surface area contributed by atoms with E-state index in [1.54, 1.807) is 6.20 Å². The van der Waals surface area contributed by atoms with Crippen molar-refractivity contribution in [1.29, 1.82) is 0 Å². The maximum Gasteiger partial charge on any atom is 0.407 e. The number of aliphatic hydroxyl groups excluding tert-OH is 1. The second-order valence-electron chi connectivity index (χ2n) is 12.6. The molecule has 3 N–H and O–H groups in total. The Labute approximate surface area is 262 Å². The van der Waals surface area contributed by atoms with Crippen molar-refractivity contribution in [1.82, 2.24) is 20.3 Å². The first-order chi connectivity index (χ1) is 20.5. The molecule has 0 unspecified atom stereocenters. The summed E-state index contributed by atoms with van der Waals surface area (Å²) in [5.41, 5.74) is 0.511. The Kier molecular flexibility index (Phi) is 9.92. The number of pyridine rings is 1. The van der Waals surface area contributed by atoms with Gasteiger partial charge in [0.2, 0.25) is 0 Å². The number of carbonyl (C=O) groups excluding carboxylic acids is 1. The van der Waals surface area contributed by atoms with Crippen molar-refractivity contribution in [2.45, 2.75) is 101 Å². The highest BCUT2D eigenvalue weighted by Crippen LogP contribution is 2.44. The predicted molar refractivity (Wildman–Crippen MR) is 166 cm³/mol. The summed E-state index contributed by atoms with van der Waals surface area (Å²) in [5.74, 6) is 1.33. The highest BCUT2D eigenvalue weighted by atomic mass is 35.5. The number of aryl methyl sites for hydroxylation is 1. The smallest absolute Gasteiger partial charge is 0.407 e. The van der Waals surface area contributed by atoms with E-state index in [2.05, 4.69) is 20.5 Å². The van der Waals surface area contributed by atoms with Crippen LogP contribution in [-0.2, 0) is 20.8 Å². The van der Waals surface area contributed by atoms with Gasteiger partial charge in [0.15, 0.2) is 5.82 Å². The molecule has 11 nitrogen and oxygen atoms in total. The van der Waals surface area contributed by atoms with Gasteiger partial charge in [-0.2, -0.15) is 0 Å². The predicted octanol–water partition coefficient (Wildman–Crippen LogP) is 4.97. The highest BCUT2D eigenvalue weighted by Gasteiger charge is 2.50. The Bertz CT molecular complexity index is 1300. The molecule has 5 heterocycles. The molecule has 1 spiro atoms. The molecule has 2 aromatic heterocycles. The fraction of sp³-hybridized carbons (Fsp3) is 0.667. The first-order valence-corrected chi connectivity index (χ1v) is 16.2. The number of aromatic nitrogens is 3. The number of anilines is 2. The van der Waals surface area contributed by atoms with Crippen molar-refractivity contribution in [2.75, 3.05) is 43.1 Å². The van der Waals surface area contributed by atoms with E-state index in [0.29, 0.717) is 47.1 Å². The molecule has 3 fully saturated rings. The number of piperidine rings is 1. The van der Waals surface area contributed by atoms with E-state index in [-0.39, 0.29) is 30.2 Å². The first-order valence-electron chi connectivity index (χ1n) is 15.0. The minimum absolute atomic E-state index is 0.113. The molecule has 5 rings (SSSR count). The Hall–Kier alpha value is -2.38. The van der Waals surface area contributed by atoms with Crippen LogP contribution in [0, 0.1) is 12.3 Å². The zero-order valence-corrected chi connectivity index (χ0v) is 27.2. The van der Waals surface area contributed by atoms with Crippen LogP contribution in [-0.4, -0.2) is 82.9 Å². The van der Waals surface area contributed by atoms with E-state index in [9.17, 15) is 9.90 Å². The lowest BCUT2D eigenvalue weighted by Gasteiger charge is -2.43. The van der Waals surface area contributed by atoms with E-state index >= 15 is 0 Å². The SMILES string of the molecule is Cc1nc(N2CCC3(CC2)CO[C@@H](C)[C@H]3NC(=O)OC(C)(C)C)c(CO)nc1Sc1ccnc(NC2CCOCC2)c1Cl. The summed E-state index contributed by atoms with van der Waals surface area (Å²) in [5, 5.41) is 18.1. The van der Waals surface area contributed by atoms with Crippen molar-refractivity contribution >= 4 is 41.1 Å². The summed E-state index contributed by atoms with van der Waals surface area (Å²) < 4.78 is 17.0. The van der Waals surface area contributed by atoms with Crippen molar-refractivity contribution < 1.29 is 24.1 Å². The zero-order valence-electron chi connectivity index (χ0n) is 25.6. The van der Waals surface area contributed by atoms with E-state index < -0.39 is 11.7 Å². The van der Waals surface area contributed by atoms with Gasteiger partial charge in [0.05, 0.1) is 36.1 Å². The van der Waals surface area contributed by atoms with Gasteiger partial charge in [-0.25, -0.2) is 19.7 Å². The van der Waals surface area contributed by atoms with E-state index in [4.69, 9.17) is 35.8 Å². The van der Waals surface area contributed by atoms with Crippen LogP contribution in [0.3, 0.4) is 0 Å². The van der Waals surface area contributed by atoms with Crippen LogP contribution in [0.5, 0.6) is 0 Å². The third kappa shape index (κ3) is 7.47. The third-order valence-corrected chi connectivity index (χ3v) is 9.98. The van der Waals surface area contributed by atoms with Crippen molar-refractivity contribution in [3.05, 3.63) is 28.7 Å². The molecule has 13 heteroatoms. The molecular formula is C30H43ClN6O5S. The lowest BCUT2D eigenvalue weighted by atomic mass is 9.73. The topological polar surface area (TPSA) is 131 Å². The number of ether oxygens (including phenoxy) is 3. The molecule has 0 saturated carbocycles. The summed E-state index contributed by atoms with van der Waals surface area (Å²) in [6.07, 6.45) is 4.62. The van der Waals surface area contributed by atoms with Gasteiger partial charge < -0.3 is 34.9 Å². The number of hydrogen-bond donors (Lipinski definition) is 3. The fourth-order valence-corrected chi connectivity index (χ4v) is 7.19. The van der Waals surface area contributed by atoms with Crippen LogP contribution in [0.1, 0.15) is 64.8 Å². The Morgan fingerprint density at radius 2 is 1.98 bits per heavy atom. The first kappa shape index (κ1) is 32.0. The molecular weight excluding hydrogens is 592 g/mol. The monoisotopic (exact) mass is 634 g/mol. The quantitative estimate of drug-likeness (QED) is 0.382. The number of carbonyl (C=O) groups is 1. The molecule has 3 aliphatic rings. The number of aliphatic hydroxyl groups is 1. The standard InChI is InChI=1S/C30H43ClN6O5S/c1-18-27(43-22-6-11-32-25(23(22)31)34-20-7-14-40-15-8-20)35-21(16-38)26(33-18)37-12-9-30(10-13-37)17-41-19(2)24(30)36-28(39)42-29(3,4)5/h6,11,19-20,24,38H,7-10,12-17H2,1-5H3,(H,32,34)(H,36,39)/t19-,24+/m0/s1. The maximum absolute atomic E-state index is 12.6. The average molecular weight is 635 g/mol. The van der Waals surface area contributed by atoms with Gasteiger partial charge in [0.1, 0.15) is 22.1 Å². The lowest BCUT2D eigenvalue weighted by molar-refractivity contribution is 0.0434. The normalized spacial score (nSPS) is 22.5. The molecule has 0 radical (unpaired) electrons. The van der Waals surface area contributed by atoms with Crippen LogP contribution < -0.4 is 15.5 Å². The molecule has 236 valence electrons. The highest BCUT2D eigenvalue weighted by molar-refractivity contribution is 7.99. The average Bonchev–Trinajstić information content (AvgIpc) is 3.25. The molecule has 1 amide bonds. The van der Waals surface area contributed by atoms with Crippen LogP contribution in [0.2, 0.25) is 5.02 Å². The fourth-order valence-electron chi connectivity index (χ4n) is 6.03. The van der Waals surface area contributed by atoms with E-state index in [0.717, 1.165) is 49.5 Å². The maximum atomic E-state index is 12.6. The summed E-state index contributed by atoms with van der Waals surface area (Å²) in [4.78, 5) is 29.8. The zero-order chi connectivity index (χ0) is 30.8. The largest absolute Gasteiger partial charge is 0.444 e. The number of halogens is 1. The number of nitrogens with one attached hydrogen (secondary N) is 2. The molecule has 3 saturated heterocycles. The van der Waals surface area contributed by atoms with Gasteiger partial charge in [-0.3, -0.25) is 0 Å². The minimum Gasteiger partial charge on any atom is -0.444 e. The van der Waals surface area contributed by atoms with Crippen LogP contribution in [0.4, 0.5) is 16.4 Å². The second kappa shape index (κ2) is 13.3. The summed E-state index contributed by atoms with van der Waals surface area (Å²) >= 11 is 8.19.